The molecule has 0 aliphatic heterocycles. The quantitative estimate of drug-likeness (QED) is 0.282. The molecule has 0 fully saturated rings. The minimum atomic E-state index is -0.551. The SMILES string of the molecule is CCCCNC(=O)OCCCCOC(=O)/C=C\C=O. The zero-order valence-corrected chi connectivity index (χ0v) is 11.2. The van der Waals surface area contributed by atoms with E-state index in [1.54, 1.807) is 0 Å². The summed E-state index contributed by atoms with van der Waals surface area (Å²) < 4.78 is 9.70. The van der Waals surface area contributed by atoms with E-state index in [1.165, 1.54) is 0 Å². The number of unbranched alkanes of at least 4 members (excludes halogenated alkanes) is 2. The molecular weight excluding hydrogens is 250 g/mol. The monoisotopic (exact) mass is 271 g/mol. The zero-order chi connectivity index (χ0) is 14.3. The Labute approximate surface area is 113 Å². The van der Waals surface area contributed by atoms with E-state index in [2.05, 4.69) is 5.32 Å². The van der Waals surface area contributed by atoms with Gasteiger partial charge in [0.15, 0.2) is 0 Å². The summed E-state index contributed by atoms with van der Waals surface area (Å²) in [4.78, 5) is 32.0. The van der Waals surface area contributed by atoms with Crippen molar-refractivity contribution in [1.29, 1.82) is 0 Å². The second-order valence-electron chi connectivity index (χ2n) is 3.79. The maximum absolute atomic E-state index is 11.1. The van der Waals surface area contributed by atoms with Gasteiger partial charge in [-0.1, -0.05) is 13.3 Å². The van der Waals surface area contributed by atoms with Crippen LogP contribution >= 0.6 is 0 Å². The molecule has 1 amide bonds. The number of rotatable bonds is 10. The summed E-state index contributed by atoms with van der Waals surface area (Å²) in [7, 11) is 0. The minimum absolute atomic E-state index is 0.239. The Morgan fingerprint density at radius 1 is 1.11 bits per heavy atom. The molecule has 0 aliphatic carbocycles. The molecule has 0 aromatic heterocycles. The third-order valence-corrected chi connectivity index (χ3v) is 2.13. The molecule has 0 atom stereocenters. The largest absolute Gasteiger partial charge is 0.463 e. The number of allylic oxidation sites excluding steroid dienone is 1. The van der Waals surface area contributed by atoms with Crippen LogP contribution in [0.1, 0.15) is 32.6 Å². The highest BCUT2D eigenvalue weighted by molar-refractivity contribution is 5.86. The lowest BCUT2D eigenvalue weighted by Crippen LogP contribution is -2.25. The topological polar surface area (TPSA) is 81.7 Å². The van der Waals surface area contributed by atoms with Gasteiger partial charge in [0.1, 0.15) is 6.29 Å². The van der Waals surface area contributed by atoms with Crippen LogP contribution in [-0.4, -0.2) is 38.1 Å². The molecule has 0 unspecified atom stereocenters. The smallest absolute Gasteiger partial charge is 0.407 e. The van der Waals surface area contributed by atoms with Gasteiger partial charge >= 0.3 is 12.1 Å². The van der Waals surface area contributed by atoms with Gasteiger partial charge in [0, 0.05) is 12.6 Å². The second kappa shape index (κ2) is 12.6. The van der Waals surface area contributed by atoms with Crippen molar-refractivity contribution in [3.05, 3.63) is 12.2 Å². The maximum atomic E-state index is 11.1. The predicted molar refractivity (Wildman–Crippen MR) is 69.7 cm³/mol. The summed E-state index contributed by atoms with van der Waals surface area (Å²) in [6.07, 6.45) is 5.39. The predicted octanol–water partition coefficient (Wildman–Crippen LogP) is 1.59. The van der Waals surface area contributed by atoms with Crippen LogP contribution in [0.25, 0.3) is 0 Å². The first-order valence-corrected chi connectivity index (χ1v) is 6.40. The number of carbonyl (C=O) groups is 3. The van der Waals surface area contributed by atoms with Crippen LogP contribution in [0.4, 0.5) is 4.79 Å². The van der Waals surface area contributed by atoms with Crippen LogP contribution in [0.2, 0.25) is 0 Å². The molecule has 0 bridgehead atoms. The normalized spacial score (nSPS) is 10.2. The molecule has 0 heterocycles. The molecule has 0 aromatic rings. The molecule has 0 aliphatic rings. The fourth-order valence-corrected chi connectivity index (χ4v) is 1.13. The molecule has 6 heteroatoms. The lowest BCUT2D eigenvalue weighted by molar-refractivity contribution is -0.138. The number of carbonyl (C=O) groups excluding carboxylic acids is 3. The third-order valence-electron chi connectivity index (χ3n) is 2.13. The Hall–Kier alpha value is -1.85. The highest BCUT2D eigenvalue weighted by atomic mass is 16.5. The second-order valence-corrected chi connectivity index (χ2v) is 3.79. The van der Waals surface area contributed by atoms with Crippen molar-refractivity contribution >= 4 is 18.3 Å². The average Bonchev–Trinajstić information content (AvgIpc) is 2.40. The van der Waals surface area contributed by atoms with Crippen molar-refractivity contribution in [3.63, 3.8) is 0 Å². The fourth-order valence-electron chi connectivity index (χ4n) is 1.13. The number of amides is 1. The highest BCUT2D eigenvalue weighted by Crippen LogP contribution is 1.93. The molecule has 19 heavy (non-hydrogen) atoms. The molecule has 0 aromatic carbocycles. The Morgan fingerprint density at radius 2 is 1.79 bits per heavy atom. The van der Waals surface area contributed by atoms with Crippen LogP contribution in [0.15, 0.2) is 12.2 Å². The molecule has 0 spiro atoms. The lowest BCUT2D eigenvalue weighted by Gasteiger charge is -2.06. The van der Waals surface area contributed by atoms with E-state index < -0.39 is 12.1 Å². The third kappa shape index (κ3) is 12.4. The molecule has 0 saturated heterocycles. The van der Waals surface area contributed by atoms with E-state index in [4.69, 9.17) is 9.47 Å². The van der Waals surface area contributed by atoms with E-state index in [9.17, 15) is 14.4 Å². The first-order chi connectivity index (χ1) is 9.20. The van der Waals surface area contributed by atoms with Gasteiger partial charge in [-0.15, -0.1) is 0 Å². The summed E-state index contributed by atoms with van der Waals surface area (Å²) >= 11 is 0. The molecular formula is C13H21NO5. The van der Waals surface area contributed by atoms with Crippen LogP contribution in [0.5, 0.6) is 0 Å². The van der Waals surface area contributed by atoms with Crippen LogP contribution in [0.3, 0.4) is 0 Å². The molecule has 6 nitrogen and oxygen atoms in total. The van der Waals surface area contributed by atoms with Gasteiger partial charge in [-0.05, 0) is 25.3 Å². The van der Waals surface area contributed by atoms with Crippen molar-refractivity contribution in [2.45, 2.75) is 32.6 Å². The standard InChI is InChI=1S/C13H21NO5/c1-2-3-8-14-13(17)19-11-5-4-10-18-12(16)7-6-9-15/h6-7,9H,2-5,8,10-11H2,1H3,(H,14,17)/b7-6-. The summed E-state index contributed by atoms with van der Waals surface area (Å²) in [5.74, 6) is -0.551. The molecule has 0 radical (unpaired) electrons. The number of ether oxygens (including phenoxy) is 2. The Balaban J connectivity index is 3.35. The van der Waals surface area contributed by atoms with Crippen molar-refractivity contribution in [3.8, 4) is 0 Å². The van der Waals surface area contributed by atoms with E-state index in [0.29, 0.717) is 32.3 Å². The Bertz CT molecular complexity index is 301. The highest BCUT2D eigenvalue weighted by Gasteiger charge is 2.00. The lowest BCUT2D eigenvalue weighted by atomic mass is 10.3. The Morgan fingerprint density at radius 3 is 2.42 bits per heavy atom. The Kier molecular flexibility index (Phi) is 11.4. The summed E-state index contributed by atoms with van der Waals surface area (Å²) in [6.45, 7) is 3.19. The summed E-state index contributed by atoms with van der Waals surface area (Å²) in [6, 6.07) is 0. The number of esters is 1. The number of nitrogens with one attached hydrogen (secondary N) is 1. The van der Waals surface area contributed by atoms with Crippen LogP contribution < -0.4 is 5.32 Å². The molecule has 108 valence electrons. The van der Waals surface area contributed by atoms with E-state index in [0.717, 1.165) is 25.0 Å². The van der Waals surface area contributed by atoms with Crippen LogP contribution in [-0.2, 0) is 19.1 Å². The van der Waals surface area contributed by atoms with Gasteiger partial charge in [0.25, 0.3) is 0 Å². The van der Waals surface area contributed by atoms with Gasteiger partial charge in [-0.3, -0.25) is 4.79 Å². The number of alkyl carbamates (subject to hydrolysis) is 1. The van der Waals surface area contributed by atoms with E-state index >= 15 is 0 Å². The first-order valence-electron chi connectivity index (χ1n) is 6.40. The number of hydrogen-bond donors (Lipinski definition) is 1. The van der Waals surface area contributed by atoms with Crippen LogP contribution in [0, 0.1) is 0 Å². The number of hydrogen-bond acceptors (Lipinski definition) is 5. The van der Waals surface area contributed by atoms with Gasteiger partial charge in [0.2, 0.25) is 0 Å². The molecule has 1 N–H and O–H groups in total. The van der Waals surface area contributed by atoms with Crippen molar-refractivity contribution < 1.29 is 23.9 Å². The minimum Gasteiger partial charge on any atom is -0.463 e. The van der Waals surface area contributed by atoms with E-state index in [-0.39, 0.29) is 6.61 Å². The van der Waals surface area contributed by atoms with Gasteiger partial charge in [-0.2, -0.15) is 0 Å². The fraction of sp³-hybridized carbons (Fsp3) is 0.615. The van der Waals surface area contributed by atoms with Gasteiger partial charge in [-0.25, -0.2) is 9.59 Å². The average molecular weight is 271 g/mol. The maximum Gasteiger partial charge on any atom is 0.407 e. The van der Waals surface area contributed by atoms with E-state index in [1.807, 2.05) is 6.92 Å². The molecule has 0 saturated carbocycles. The zero-order valence-electron chi connectivity index (χ0n) is 11.2. The van der Waals surface area contributed by atoms with Crippen molar-refractivity contribution in [1.82, 2.24) is 5.32 Å². The summed E-state index contributed by atoms with van der Waals surface area (Å²) in [5, 5.41) is 2.63. The molecule has 0 rings (SSSR count). The number of aldehydes is 1. The first kappa shape index (κ1) is 17.2. The van der Waals surface area contributed by atoms with Crippen molar-refractivity contribution in [2.75, 3.05) is 19.8 Å². The summed E-state index contributed by atoms with van der Waals surface area (Å²) in [5.41, 5.74) is 0. The van der Waals surface area contributed by atoms with Gasteiger partial charge < -0.3 is 14.8 Å². The van der Waals surface area contributed by atoms with Crippen molar-refractivity contribution in [2.24, 2.45) is 0 Å². The van der Waals surface area contributed by atoms with Gasteiger partial charge in [0.05, 0.1) is 13.2 Å².